The molecule has 1 N–H and O–H groups in total. The van der Waals surface area contributed by atoms with E-state index >= 15 is 0 Å². The smallest absolute Gasteiger partial charge is 0.115 e. The molecule has 1 aliphatic rings. The van der Waals surface area contributed by atoms with Crippen LogP contribution in [0.25, 0.3) is 0 Å². The van der Waals surface area contributed by atoms with E-state index < -0.39 is 0 Å². The van der Waals surface area contributed by atoms with E-state index in [0.717, 1.165) is 12.8 Å². The zero-order chi connectivity index (χ0) is 8.77. The van der Waals surface area contributed by atoms with E-state index in [0.29, 0.717) is 11.2 Å². The predicted molar refractivity (Wildman–Crippen MR) is 49.3 cm³/mol. The van der Waals surface area contributed by atoms with Gasteiger partial charge in [-0.1, -0.05) is 19.9 Å². The Morgan fingerprint density at radius 3 is 2.58 bits per heavy atom. The van der Waals surface area contributed by atoms with Gasteiger partial charge in [-0.3, -0.25) is 0 Å². The van der Waals surface area contributed by atoms with Crippen molar-refractivity contribution in [2.24, 2.45) is 5.41 Å². The van der Waals surface area contributed by atoms with Crippen LogP contribution in [-0.2, 0) is 12.8 Å². The van der Waals surface area contributed by atoms with Crippen molar-refractivity contribution >= 4 is 0 Å². The largest absolute Gasteiger partial charge is 0.508 e. The number of phenols is 1. The van der Waals surface area contributed by atoms with Gasteiger partial charge in [-0.25, -0.2) is 0 Å². The quantitative estimate of drug-likeness (QED) is 0.621. The first kappa shape index (κ1) is 7.66. The molecule has 0 saturated heterocycles. The SMILES string of the molecule is CC1(C)Cc2ccc(O)cc2C1. The van der Waals surface area contributed by atoms with Crippen LogP contribution >= 0.6 is 0 Å². The summed E-state index contributed by atoms with van der Waals surface area (Å²) in [4.78, 5) is 0. The fourth-order valence-electron chi connectivity index (χ4n) is 2.04. The summed E-state index contributed by atoms with van der Waals surface area (Å²) in [6.45, 7) is 4.54. The number of fused-ring (bicyclic) bond motifs is 1. The molecular formula is C11H14O. The Hall–Kier alpha value is -0.980. The molecule has 0 aromatic heterocycles. The van der Waals surface area contributed by atoms with Crippen LogP contribution in [-0.4, -0.2) is 5.11 Å². The van der Waals surface area contributed by atoms with Crippen LogP contribution in [0.5, 0.6) is 5.75 Å². The number of aromatic hydroxyl groups is 1. The summed E-state index contributed by atoms with van der Waals surface area (Å²) >= 11 is 0. The topological polar surface area (TPSA) is 20.2 Å². The zero-order valence-corrected chi connectivity index (χ0v) is 7.59. The minimum atomic E-state index is 0.385. The Morgan fingerprint density at radius 2 is 1.83 bits per heavy atom. The van der Waals surface area contributed by atoms with Gasteiger partial charge < -0.3 is 5.11 Å². The summed E-state index contributed by atoms with van der Waals surface area (Å²) in [5, 5.41) is 9.27. The number of benzene rings is 1. The fraction of sp³-hybridized carbons (Fsp3) is 0.455. The Balaban J connectivity index is 2.43. The Bertz CT molecular complexity index is 313. The highest BCUT2D eigenvalue weighted by Crippen LogP contribution is 2.37. The minimum Gasteiger partial charge on any atom is -0.508 e. The van der Waals surface area contributed by atoms with Crippen molar-refractivity contribution in [3.63, 3.8) is 0 Å². The Morgan fingerprint density at radius 1 is 1.17 bits per heavy atom. The van der Waals surface area contributed by atoms with Crippen molar-refractivity contribution < 1.29 is 5.11 Å². The molecule has 0 aliphatic heterocycles. The molecule has 0 saturated carbocycles. The molecule has 1 heteroatoms. The monoisotopic (exact) mass is 162 g/mol. The Labute approximate surface area is 73.0 Å². The van der Waals surface area contributed by atoms with Gasteiger partial charge in [-0.15, -0.1) is 0 Å². The highest BCUT2D eigenvalue weighted by molar-refractivity contribution is 5.39. The van der Waals surface area contributed by atoms with E-state index in [9.17, 15) is 5.11 Å². The molecule has 0 unspecified atom stereocenters. The summed E-state index contributed by atoms with van der Waals surface area (Å²) in [6.07, 6.45) is 2.24. The number of hydrogen-bond donors (Lipinski definition) is 1. The van der Waals surface area contributed by atoms with Crippen LogP contribution in [0.3, 0.4) is 0 Å². The lowest BCUT2D eigenvalue weighted by atomic mass is 9.90. The maximum atomic E-state index is 9.27. The van der Waals surface area contributed by atoms with Gasteiger partial charge in [0.05, 0.1) is 0 Å². The van der Waals surface area contributed by atoms with Crippen LogP contribution in [0.4, 0.5) is 0 Å². The van der Waals surface area contributed by atoms with Crippen LogP contribution in [0.15, 0.2) is 18.2 Å². The van der Waals surface area contributed by atoms with Gasteiger partial charge in [0, 0.05) is 0 Å². The number of hydrogen-bond acceptors (Lipinski definition) is 1. The first-order chi connectivity index (χ1) is 5.57. The van der Waals surface area contributed by atoms with E-state index in [1.54, 1.807) is 6.07 Å². The fourth-order valence-corrected chi connectivity index (χ4v) is 2.04. The molecule has 1 aromatic rings. The molecule has 0 radical (unpaired) electrons. The molecule has 0 amide bonds. The molecule has 0 atom stereocenters. The third-order valence-corrected chi connectivity index (χ3v) is 2.53. The van der Waals surface area contributed by atoms with Gasteiger partial charge in [0.15, 0.2) is 0 Å². The third-order valence-electron chi connectivity index (χ3n) is 2.53. The minimum absolute atomic E-state index is 0.385. The van der Waals surface area contributed by atoms with Crippen molar-refractivity contribution in [2.45, 2.75) is 26.7 Å². The maximum absolute atomic E-state index is 9.27. The average molecular weight is 162 g/mol. The molecular weight excluding hydrogens is 148 g/mol. The molecule has 0 fully saturated rings. The summed E-state index contributed by atoms with van der Waals surface area (Å²) in [5.41, 5.74) is 3.11. The Kier molecular flexibility index (Phi) is 1.44. The standard InChI is InChI=1S/C11H14O/c1-11(2)6-8-3-4-10(12)5-9(8)7-11/h3-5,12H,6-7H2,1-2H3. The normalized spacial score (nSPS) is 19.2. The van der Waals surface area contributed by atoms with Crippen molar-refractivity contribution in [1.82, 2.24) is 0 Å². The van der Waals surface area contributed by atoms with Crippen LogP contribution in [0.2, 0.25) is 0 Å². The molecule has 0 heterocycles. The lowest BCUT2D eigenvalue weighted by Crippen LogP contribution is -2.09. The summed E-state index contributed by atoms with van der Waals surface area (Å²) in [5.74, 6) is 0.395. The van der Waals surface area contributed by atoms with Crippen molar-refractivity contribution in [3.8, 4) is 5.75 Å². The van der Waals surface area contributed by atoms with E-state index in [4.69, 9.17) is 0 Å². The van der Waals surface area contributed by atoms with Crippen LogP contribution < -0.4 is 0 Å². The van der Waals surface area contributed by atoms with Gasteiger partial charge in [-0.05, 0) is 41.5 Å². The summed E-state index contributed by atoms with van der Waals surface area (Å²) < 4.78 is 0. The number of phenolic OH excluding ortho intramolecular Hbond substituents is 1. The van der Waals surface area contributed by atoms with Crippen LogP contribution in [0, 0.1) is 5.41 Å². The van der Waals surface area contributed by atoms with Gasteiger partial charge in [-0.2, -0.15) is 0 Å². The molecule has 12 heavy (non-hydrogen) atoms. The van der Waals surface area contributed by atoms with E-state index in [2.05, 4.69) is 13.8 Å². The van der Waals surface area contributed by atoms with Crippen molar-refractivity contribution in [1.29, 1.82) is 0 Å². The third kappa shape index (κ3) is 1.20. The highest BCUT2D eigenvalue weighted by Gasteiger charge is 2.27. The maximum Gasteiger partial charge on any atom is 0.115 e. The highest BCUT2D eigenvalue weighted by atomic mass is 16.3. The molecule has 0 spiro atoms. The first-order valence-electron chi connectivity index (χ1n) is 4.38. The first-order valence-corrected chi connectivity index (χ1v) is 4.38. The second-order valence-corrected chi connectivity index (χ2v) is 4.47. The van der Waals surface area contributed by atoms with Crippen LogP contribution in [0.1, 0.15) is 25.0 Å². The molecule has 1 nitrogen and oxygen atoms in total. The van der Waals surface area contributed by atoms with Crippen molar-refractivity contribution in [3.05, 3.63) is 29.3 Å². The molecule has 64 valence electrons. The van der Waals surface area contributed by atoms with Gasteiger partial charge >= 0.3 is 0 Å². The molecule has 1 aliphatic carbocycles. The van der Waals surface area contributed by atoms with Gasteiger partial charge in [0.2, 0.25) is 0 Å². The molecule has 1 aromatic carbocycles. The second kappa shape index (κ2) is 2.25. The average Bonchev–Trinajstić information content (AvgIpc) is 2.21. The second-order valence-electron chi connectivity index (χ2n) is 4.47. The van der Waals surface area contributed by atoms with Gasteiger partial charge in [0.25, 0.3) is 0 Å². The van der Waals surface area contributed by atoms with E-state index in [-0.39, 0.29) is 0 Å². The van der Waals surface area contributed by atoms with Crippen molar-refractivity contribution in [2.75, 3.05) is 0 Å². The lowest BCUT2D eigenvalue weighted by molar-refractivity contribution is 0.392. The van der Waals surface area contributed by atoms with Gasteiger partial charge in [0.1, 0.15) is 5.75 Å². The molecule has 2 rings (SSSR count). The summed E-state index contributed by atoms with van der Waals surface area (Å²) in [6, 6.07) is 5.71. The zero-order valence-electron chi connectivity index (χ0n) is 7.59. The molecule has 0 bridgehead atoms. The lowest BCUT2D eigenvalue weighted by Gasteiger charge is -2.14. The van der Waals surface area contributed by atoms with E-state index in [1.807, 2.05) is 12.1 Å². The number of rotatable bonds is 0. The van der Waals surface area contributed by atoms with E-state index in [1.165, 1.54) is 11.1 Å². The predicted octanol–water partition coefficient (Wildman–Crippen LogP) is 2.52. The summed E-state index contributed by atoms with van der Waals surface area (Å²) in [7, 11) is 0.